The van der Waals surface area contributed by atoms with Gasteiger partial charge >= 0.3 is 6.55 Å². The zero-order valence-corrected chi connectivity index (χ0v) is 15.7. The Morgan fingerprint density at radius 1 is 1.50 bits per heavy atom. The summed E-state index contributed by atoms with van der Waals surface area (Å²) in [7, 11) is 0. The Balaban J connectivity index is 1.84. The molecule has 0 radical (unpaired) electrons. The summed E-state index contributed by atoms with van der Waals surface area (Å²) in [6.45, 7) is 3.84. The number of fused-ring (bicyclic) bond motifs is 1. The lowest BCUT2D eigenvalue weighted by Crippen LogP contribution is -2.26. The third-order valence-electron chi connectivity index (χ3n) is 4.87. The summed E-state index contributed by atoms with van der Waals surface area (Å²) in [6, 6.07) is 3.42. The number of nitrogens with one attached hydrogen (secondary N) is 1. The van der Waals surface area contributed by atoms with Gasteiger partial charge in [0, 0.05) is 11.1 Å². The second-order valence-electron chi connectivity index (χ2n) is 7.54. The van der Waals surface area contributed by atoms with Crippen molar-refractivity contribution < 1.29 is 13.6 Å². The Labute approximate surface area is 154 Å². The Kier molecular flexibility index (Phi) is 4.84. The molecule has 0 bridgehead atoms. The van der Waals surface area contributed by atoms with E-state index in [0.29, 0.717) is 21.2 Å². The van der Waals surface area contributed by atoms with Crippen molar-refractivity contribution in [3.05, 3.63) is 34.0 Å². The van der Waals surface area contributed by atoms with Crippen LogP contribution in [-0.2, 0) is 12.8 Å². The lowest BCUT2D eigenvalue weighted by atomic mass is 9.72. The molecule has 26 heavy (non-hydrogen) atoms. The number of halogens is 2. The second kappa shape index (κ2) is 6.80. The first-order valence-corrected chi connectivity index (χ1v) is 9.21. The minimum absolute atomic E-state index is 0.104. The van der Waals surface area contributed by atoms with Gasteiger partial charge in [-0.2, -0.15) is 19.1 Å². The molecule has 1 atom stereocenters. The third-order valence-corrected chi connectivity index (χ3v) is 6.04. The molecule has 0 fully saturated rings. The SMILES string of the molecule is CC(C)(C)[C@@H]1CCc2c(sc(NC(=O)c3ccn(C(F)F)n3)c2C#N)C1. The van der Waals surface area contributed by atoms with Gasteiger partial charge in [-0.25, -0.2) is 4.68 Å². The number of hydrogen-bond donors (Lipinski definition) is 1. The standard InChI is InChI=1S/C18H20F2N4OS/c1-18(2,3)10-4-5-11-12(9-21)16(26-14(11)8-10)22-15(25)13-6-7-24(23-13)17(19)20/h6-7,10,17H,4-5,8H2,1-3H3,(H,22,25)/t10-/m1/s1. The molecule has 0 saturated heterocycles. The van der Waals surface area contributed by atoms with Gasteiger partial charge in [-0.1, -0.05) is 20.8 Å². The molecule has 2 aromatic rings. The van der Waals surface area contributed by atoms with Gasteiger partial charge in [-0.3, -0.25) is 4.79 Å². The van der Waals surface area contributed by atoms with Crippen molar-refractivity contribution in [3.8, 4) is 6.07 Å². The van der Waals surface area contributed by atoms with Crippen molar-refractivity contribution in [3.63, 3.8) is 0 Å². The highest BCUT2D eigenvalue weighted by Gasteiger charge is 2.32. The molecular weight excluding hydrogens is 358 g/mol. The lowest BCUT2D eigenvalue weighted by molar-refractivity contribution is 0.0561. The summed E-state index contributed by atoms with van der Waals surface area (Å²) in [5.41, 5.74) is 1.57. The number of nitriles is 1. The van der Waals surface area contributed by atoms with Crippen LogP contribution in [-0.4, -0.2) is 15.7 Å². The Bertz CT molecular complexity index is 873. The molecule has 0 unspecified atom stereocenters. The highest BCUT2D eigenvalue weighted by molar-refractivity contribution is 7.16. The smallest absolute Gasteiger partial charge is 0.311 e. The maximum Gasteiger partial charge on any atom is 0.333 e. The molecule has 1 aliphatic carbocycles. The molecule has 5 nitrogen and oxygen atoms in total. The van der Waals surface area contributed by atoms with E-state index in [1.54, 1.807) is 0 Å². The van der Waals surface area contributed by atoms with Crippen molar-refractivity contribution in [2.75, 3.05) is 5.32 Å². The maximum atomic E-state index is 12.6. The fourth-order valence-corrected chi connectivity index (χ4v) is 4.54. The number of carbonyl (C=O) groups excluding carboxylic acids is 1. The van der Waals surface area contributed by atoms with Crippen LogP contribution in [0.1, 0.15) is 60.2 Å². The zero-order valence-electron chi connectivity index (χ0n) is 14.8. The van der Waals surface area contributed by atoms with Crippen LogP contribution in [0.15, 0.2) is 12.3 Å². The van der Waals surface area contributed by atoms with E-state index in [1.807, 2.05) is 0 Å². The molecule has 0 aliphatic heterocycles. The average Bonchev–Trinajstić information content (AvgIpc) is 3.17. The summed E-state index contributed by atoms with van der Waals surface area (Å²) in [6.07, 6.45) is 3.76. The third kappa shape index (κ3) is 3.49. The van der Waals surface area contributed by atoms with Crippen LogP contribution < -0.4 is 5.32 Å². The lowest BCUT2D eigenvalue weighted by Gasteiger charge is -2.33. The van der Waals surface area contributed by atoms with Crippen LogP contribution in [0.2, 0.25) is 0 Å². The Morgan fingerprint density at radius 3 is 2.81 bits per heavy atom. The number of amides is 1. The predicted octanol–water partition coefficient (Wildman–Crippen LogP) is 4.61. The monoisotopic (exact) mass is 378 g/mol. The molecule has 2 aromatic heterocycles. The van der Waals surface area contributed by atoms with Gasteiger partial charge in [0.15, 0.2) is 5.69 Å². The molecule has 2 heterocycles. The summed E-state index contributed by atoms with van der Waals surface area (Å²) in [5.74, 6) is -0.0719. The molecule has 1 amide bonds. The quantitative estimate of drug-likeness (QED) is 0.847. The van der Waals surface area contributed by atoms with Crippen molar-refractivity contribution in [2.45, 2.75) is 46.6 Å². The van der Waals surface area contributed by atoms with Crippen LogP contribution in [0.3, 0.4) is 0 Å². The summed E-state index contributed by atoms with van der Waals surface area (Å²) >= 11 is 1.41. The van der Waals surface area contributed by atoms with E-state index in [1.165, 1.54) is 17.4 Å². The average molecular weight is 378 g/mol. The minimum Gasteiger partial charge on any atom is -0.311 e. The number of carbonyl (C=O) groups is 1. The highest BCUT2D eigenvalue weighted by Crippen LogP contribution is 2.44. The first kappa shape index (κ1) is 18.5. The van der Waals surface area contributed by atoms with E-state index in [9.17, 15) is 18.8 Å². The van der Waals surface area contributed by atoms with Crippen molar-refractivity contribution >= 4 is 22.2 Å². The summed E-state index contributed by atoms with van der Waals surface area (Å²) in [5, 5.41) is 16.3. The van der Waals surface area contributed by atoms with E-state index in [0.717, 1.165) is 35.9 Å². The summed E-state index contributed by atoms with van der Waals surface area (Å²) < 4.78 is 25.6. The zero-order chi connectivity index (χ0) is 19.1. The first-order chi connectivity index (χ1) is 12.2. The van der Waals surface area contributed by atoms with E-state index >= 15 is 0 Å². The normalized spacial score (nSPS) is 17.0. The molecule has 0 spiro atoms. The predicted molar refractivity (Wildman–Crippen MR) is 95.4 cm³/mol. The number of alkyl halides is 2. The molecular formula is C18H20F2N4OS. The molecule has 1 N–H and O–H groups in total. The fourth-order valence-electron chi connectivity index (χ4n) is 3.27. The Morgan fingerprint density at radius 2 is 2.23 bits per heavy atom. The largest absolute Gasteiger partial charge is 0.333 e. The van der Waals surface area contributed by atoms with Crippen molar-refractivity contribution in [1.29, 1.82) is 5.26 Å². The molecule has 8 heteroatoms. The number of nitrogens with zero attached hydrogens (tertiary/aromatic N) is 3. The van der Waals surface area contributed by atoms with Crippen molar-refractivity contribution in [2.24, 2.45) is 11.3 Å². The molecule has 0 aromatic carbocycles. The van der Waals surface area contributed by atoms with E-state index in [4.69, 9.17) is 0 Å². The highest BCUT2D eigenvalue weighted by atomic mass is 32.1. The fraction of sp³-hybridized carbons (Fsp3) is 0.500. The molecule has 1 aliphatic rings. The van der Waals surface area contributed by atoms with Crippen LogP contribution in [0.5, 0.6) is 0 Å². The van der Waals surface area contributed by atoms with E-state index in [-0.39, 0.29) is 11.1 Å². The van der Waals surface area contributed by atoms with Gasteiger partial charge in [0.1, 0.15) is 11.1 Å². The van der Waals surface area contributed by atoms with Gasteiger partial charge in [0.2, 0.25) is 0 Å². The van der Waals surface area contributed by atoms with Crippen LogP contribution in [0.25, 0.3) is 0 Å². The minimum atomic E-state index is -2.80. The van der Waals surface area contributed by atoms with Crippen LogP contribution in [0.4, 0.5) is 13.8 Å². The molecule has 0 saturated carbocycles. The van der Waals surface area contributed by atoms with E-state index < -0.39 is 12.5 Å². The van der Waals surface area contributed by atoms with Crippen LogP contribution >= 0.6 is 11.3 Å². The van der Waals surface area contributed by atoms with Gasteiger partial charge < -0.3 is 5.32 Å². The van der Waals surface area contributed by atoms with Gasteiger partial charge in [-0.05, 0) is 42.2 Å². The van der Waals surface area contributed by atoms with Gasteiger partial charge in [0.05, 0.1) is 5.56 Å². The Hall–Kier alpha value is -2.27. The van der Waals surface area contributed by atoms with Crippen LogP contribution in [0, 0.1) is 22.7 Å². The number of hydrogen-bond acceptors (Lipinski definition) is 4. The second-order valence-corrected chi connectivity index (χ2v) is 8.64. The van der Waals surface area contributed by atoms with Gasteiger partial charge in [-0.15, -0.1) is 11.3 Å². The number of rotatable bonds is 3. The topological polar surface area (TPSA) is 70.7 Å². The maximum absolute atomic E-state index is 12.6. The molecule has 3 rings (SSSR count). The number of thiophene rings is 1. The first-order valence-electron chi connectivity index (χ1n) is 8.40. The molecule has 138 valence electrons. The van der Waals surface area contributed by atoms with Crippen molar-refractivity contribution in [1.82, 2.24) is 9.78 Å². The van der Waals surface area contributed by atoms with Gasteiger partial charge in [0.25, 0.3) is 5.91 Å². The number of anilines is 1. The van der Waals surface area contributed by atoms with E-state index in [2.05, 4.69) is 37.3 Å². The number of aromatic nitrogens is 2. The summed E-state index contributed by atoms with van der Waals surface area (Å²) in [4.78, 5) is 13.4.